The molecule has 2 rings (SSSR count). The van der Waals surface area contributed by atoms with Crippen LogP contribution in [0.3, 0.4) is 0 Å². The Hall–Kier alpha value is -1.75. The molecule has 2 heterocycles. The molecule has 0 saturated heterocycles. The molecule has 1 unspecified atom stereocenters. The van der Waals surface area contributed by atoms with Gasteiger partial charge in [-0.15, -0.1) is 0 Å². The molecule has 0 fully saturated rings. The van der Waals surface area contributed by atoms with E-state index in [1.54, 1.807) is 18.6 Å². The van der Waals surface area contributed by atoms with Crippen molar-refractivity contribution in [3.63, 3.8) is 0 Å². The number of rotatable bonds is 5. The van der Waals surface area contributed by atoms with E-state index in [0.717, 1.165) is 18.7 Å². The zero-order valence-corrected chi connectivity index (χ0v) is 10.2. The molecule has 0 aliphatic heterocycles. The summed E-state index contributed by atoms with van der Waals surface area (Å²) in [6, 6.07) is 2.26. The molecule has 0 aliphatic carbocycles. The van der Waals surface area contributed by atoms with Gasteiger partial charge in [-0.1, -0.05) is 0 Å². The van der Waals surface area contributed by atoms with Gasteiger partial charge in [0.15, 0.2) is 0 Å². The van der Waals surface area contributed by atoms with Gasteiger partial charge in [-0.2, -0.15) is 5.10 Å². The highest BCUT2D eigenvalue weighted by molar-refractivity contribution is 5.03. The molecule has 5 nitrogen and oxygen atoms in total. The number of hydrogen-bond acceptors (Lipinski definition) is 4. The number of aromatic nitrogens is 4. The molecule has 0 aliphatic rings. The van der Waals surface area contributed by atoms with Gasteiger partial charge < -0.3 is 5.32 Å². The Kier molecular flexibility index (Phi) is 3.82. The molecule has 0 spiro atoms. The van der Waals surface area contributed by atoms with Crippen molar-refractivity contribution < 1.29 is 0 Å². The minimum atomic E-state index is 0.219. The summed E-state index contributed by atoms with van der Waals surface area (Å²) in [4.78, 5) is 8.33. The van der Waals surface area contributed by atoms with E-state index in [0.29, 0.717) is 0 Å². The summed E-state index contributed by atoms with van der Waals surface area (Å²) < 4.78 is 1.90. The van der Waals surface area contributed by atoms with Crippen LogP contribution in [0.25, 0.3) is 0 Å². The van der Waals surface area contributed by atoms with Gasteiger partial charge in [-0.05, 0) is 13.0 Å². The van der Waals surface area contributed by atoms with Crippen LogP contribution in [0.5, 0.6) is 0 Å². The lowest BCUT2D eigenvalue weighted by molar-refractivity contribution is 0.551. The van der Waals surface area contributed by atoms with E-state index in [1.807, 2.05) is 24.0 Å². The van der Waals surface area contributed by atoms with Crippen LogP contribution < -0.4 is 5.32 Å². The molecule has 0 aromatic carbocycles. The van der Waals surface area contributed by atoms with Crippen LogP contribution in [0.4, 0.5) is 0 Å². The van der Waals surface area contributed by atoms with Crippen molar-refractivity contribution in [1.82, 2.24) is 25.1 Å². The SMILES string of the molecule is CC(NCCc1ccnn1C)c1cnccn1. The number of aryl methyl sites for hydroxylation is 1. The van der Waals surface area contributed by atoms with E-state index >= 15 is 0 Å². The fraction of sp³-hybridized carbons (Fsp3) is 0.417. The second-order valence-corrected chi connectivity index (χ2v) is 4.00. The molecular formula is C12H17N5. The molecule has 2 aromatic rings. The van der Waals surface area contributed by atoms with Crippen LogP contribution in [0.2, 0.25) is 0 Å². The summed E-state index contributed by atoms with van der Waals surface area (Å²) in [7, 11) is 1.96. The molecule has 0 saturated carbocycles. The summed E-state index contributed by atoms with van der Waals surface area (Å²) >= 11 is 0. The molecule has 0 amide bonds. The first kappa shape index (κ1) is 11.7. The van der Waals surface area contributed by atoms with E-state index in [2.05, 4.69) is 27.3 Å². The van der Waals surface area contributed by atoms with Gasteiger partial charge in [0.25, 0.3) is 0 Å². The normalized spacial score (nSPS) is 12.6. The summed E-state index contributed by atoms with van der Waals surface area (Å²) in [5.41, 5.74) is 2.20. The van der Waals surface area contributed by atoms with Gasteiger partial charge >= 0.3 is 0 Å². The largest absolute Gasteiger partial charge is 0.308 e. The Morgan fingerprint density at radius 2 is 2.24 bits per heavy atom. The lowest BCUT2D eigenvalue weighted by atomic mass is 10.2. The third-order valence-electron chi connectivity index (χ3n) is 2.78. The first-order chi connectivity index (χ1) is 8.27. The quantitative estimate of drug-likeness (QED) is 0.837. The van der Waals surface area contributed by atoms with Gasteiger partial charge in [0.05, 0.1) is 5.69 Å². The summed E-state index contributed by atoms with van der Waals surface area (Å²) in [6.07, 6.45) is 7.98. The van der Waals surface area contributed by atoms with Gasteiger partial charge in [0.2, 0.25) is 0 Å². The van der Waals surface area contributed by atoms with E-state index < -0.39 is 0 Å². The smallest absolute Gasteiger partial charge is 0.0753 e. The molecule has 0 radical (unpaired) electrons. The van der Waals surface area contributed by atoms with Gasteiger partial charge in [0.1, 0.15) is 0 Å². The van der Waals surface area contributed by atoms with Crippen molar-refractivity contribution in [3.05, 3.63) is 42.2 Å². The number of nitrogens with zero attached hydrogens (tertiary/aromatic N) is 4. The second kappa shape index (κ2) is 5.54. The Balaban J connectivity index is 1.81. The van der Waals surface area contributed by atoms with Crippen molar-refractivity contribution >= 4 is 0 Å². The maximum absolute atomic E-state index is 4.27. The molecule has 0 bridgehead atoms. The number of nitrogens with one attached hydrogen (secondary N) is 1. The maximum atomic E-state index is 4.27. The van der Waals surface area contributed by atoms with Crippen molar-refractivity contribution in [2.75, 3.05) is 6.54 Å². The fourth-order valence-corrected chi connectivity index (χ4v) is 1.70. The van der Waals surface area contributed by atoms with Crippen LogP contribution in [0.15, 0.2) is 30.9 Å². The Morgan fingerprint density at radius 1 is 1.35 bits per heavy atom. The summed E-state index contributed by atoms with van der Waals surface area (Å²) in [5, 5.41) is 7.56. The third-order valence-corrected chi connectivity index (χ3v) is 2.78. The molecule has 1 N–H and O–H groups in total. The molecule has 17 heavy (non-hydrogen) atoms. The molecule has 5 heteroatoms. The van der Waals surface area contributed by atoms with Gasteiger partial charge in [-0.3, -0.25) is 14.6 Å². The van der Waals surface area contributed by atoms with Gasteiger partial charge in [-0.25, -0.2) is 0 Å². The average Bonchev–Trinajstić information content (AvgIpc) is 2.76. The Morgan fingerprint density at radius 3 is 2.88 bits per heavy atom. The lowest BCUT2D eigenvalue weighted by Crippen LogP contribution is -2.22. The van der Waals surface area contributed by atoms with E-state index in [4.69, 9.17) is 0 Å². The molecule has 1 atom stereocenters. The zero-order chi connectivity index (χ0) is 12.1. The van der Waals surface area contributed by atoms with Crippen LogP contribution in [-0.2, 0) is 13.5 Å². The first-order valence-electron chi connectivity index (χ1n) is 5.73. The number of hydrogen-bond donors (Lipinski definition) is 1. The monoisotopic (exact) mass is 231 g/mol. The Labute approximate surface area is 101 Å². The molecular weight excluding hydrogens is 214 g/mol. The van der Waals surface area contributed by atoms with E-state index in [-0.39, 0.29) is 6.04 Å². The van der Waals surface area contributed by atoms with Crippen molar-refractivity contribution in [2.24, 2.45) is 7.05 Å². The predicted octanol–water partition coefficient (Wildman–Crippen LogP) is 1.10. The third kappa shape index (κ3) is 3.10. The van der Waals surface area contributed by atoms with E-state index in [1.165, 1.54) is 5.69 Å². The average molecular weight is 231 g/mol. The first-order valence-corrected chi connectivity index (χ1v) is 5.73. The topological polar surface area (TPSA) is 55.6 Å². The highest BCUT2D eigenvalue weighted by Gasteiger charge is 2.06. The van der Waals surface area contributed by atoms with Crippen LogP contribution >= 0.6 is 0 Å². The minimum absolute atomic E-state index is 0.219. The van der Waals surface area contributed by atoms with Crippen molar-refractivity contribution in [2.45, 2.75) is 19.4 Å². The summed E-state index contributed by atoms with van der Waals surface area (Å²) in [6.45, 7) is 2.99. The standard InChI is InChI=1S/C12H17N5/c1-10(12-9-13-7-8-15-12)14-5-3-11-4-6-16-17(11)2/h4,6-10,14H,3,5H2,1-2H3. The predicted molar refractivity (Wildman–Crippen MR) is 65.4 cm³/mol. The minimum Gasteiger partial charge on any atom is -0.308 e. The van der Waals surface area contributed by atoms with E-state index in [9.17, 15) is 0 Å². The highest BCUT2D eigenvalue weighted by Crippen LogP contribution is 2.06. The van der Waals surface area contributed by atoms with Crippen LogP contribution in [0, 0.1) is 0 Å². The molecule has 90 valence electrons. The fourth-order valence-electron chi connectivity index (χ4n) is 1.70. The Bertz CT molecular complexity index is 451. The lowest BCUT2D eigenvalue weighted by Gasteiger charge is -2.12. The maximum Gasteiger partial charge on any atom is 0.0753 e. The van der Waals surface area contributed by atoms with Crippen molar-refractivity contribution in [3.8, 4) is 0 Å². The highest BCUT2D eigenvalue weighted by atomic mass is 15.3. The van der Waals surface area contributed by atoms with Crippen molar-refractivity contribution in [1.29, 1.82) is 0 Å². The van der Waals surface area contributed by atoms with Crippen LogP contribution in [-0.4, -0.2) is 26.3 Å². The second-order valence-electron chi connectivity index (χ2n) is 4.00. The summed E-state index contributed by atoms with van der Waals surface area (Å²) in [5.74, 6) is 0. The van der Waals surface area contributed by atoms with Crippen LogP contribution in [0.1, 0.15) is 24.4 Å². The zero-order valence-electron chi connectivity index (χ0n) is 10.2. The molecule has 2 aromatic heterocycles. The van der Waals surface area contributed by atoms with Gasteiger partial charge in [0, 0.05) is 56.5 Å².